The van der Waals surface area contributed by atoms with Gasteiger partial charge in [0.15, 0.2) is 0 Å². The van der Waals surface area contributed by atoms with Crippen LogP contribution >= 0.6 is 0 Å². The molecule has 9 heteroatoms. The van der Waals surface area contributed by atoms with E-state index in [-0.39, 0.29) is 41.0 Å². The number of nitrogens with zero attached hydrogens (tertiary/aromatic N) is 2. The maximum atomic E-state index is 14.2. The van der Waals surface area contributed by atoms with Crippen LogP contribution in [0.1, 0.15) is 27.6 Å². The molecule has 2 amide bonds. The van der Waals surface area contributed by atoms with Gasteiger partial charge in [-0.15, -0.1) is 0 Å². The zero-order chi connectivity index (χ0) is 19.0. The number of hydrogen-bond donors (Lipinski definition) is 2. The molecule has 0 aliphatic carbocycles. The number of nitrogens with one attached hydrogen (secondary N) is 1. The topological polar surface area (TPSA) is 111 Å². The highest BCUT2D eigenvalue weighted by atomic mass is 19.1. The van der Waals surface area contributed by atoms with E-state index in [2.05, 4.69) is 4.98 Å². The lowest BCUT2D eigenvalue weighted by Gasteiger charge is -2.33. The fourth-order valence-electron chi connectivity index (χ4n) is 3.05. The van der Waals surface area contributed by atoms with Crippen molar-refractivity contribution in [1.29, 1.82) is 0 Å². The Morgan fingerprint density at radius 1 is 1.04 bits per heavy atom. The number of benzene rings is 1. The standard InChI is InChI=1S/C17H16FN3O5/c1-9(22)20-4-6-21(7-5-20)16(24)15(23)11-8-19-14-10(17(25)26)2-3-12(18)13(11)14/h2-3,8,19H,4-7H2,1H3,(H,25,26). The van der Waals surface area contributed by atoms with Gasteiger partial charge in [-0.2, -0.15) is 0 Å². The predicted molar refractivity (Wildman–Crippen MR) is 88.4 cm³/mol. The number of carboxylic acids is 1. The van der Waals surface area contributed by atoms with E-state index in [1.807, 2.05) is 0 Å². The second-order valence-corrected chi connectivity index (χ2v) is 5.98. The van der Waals surface area contributed by atoms with Gasteiger partial charge < -0.3 is 19.9 Å². The van der Waals surface area contributed by atoms with Gasteiger partial charge >= 0.3 is 5.97 Å². The van der Waals surface area contributed by atoms with Gasteiger partial charge in [0, 0.05) is 44.7 Å². The number of aromatic nitrogens is 1. The third-order valence-electron chi connectivity index (χ3n) is 4.47. The highest BCUT2D eigenvalue weighted by Gasteiger charge is 2.30. The van der Waals surface area contributed by atoms with Crippen LogP contribution in [0.5, 0.6) is 0 Å². The van der Waals surface area contributed by atoms with Gasteiger partial charge in [0.2, 0.25) is 5.91 Å². The maximum Gasteiger partial charge on any atom is 0.337 e. The average Bonchev–Trinajstić information content (AvgIpc) is 3.06. The van der Waals surface area contributed by atoms with Gasteiger partial charge in [-0.3, -0.25) is 14.4 Å². The third-order valence-corrected chi connectivity index (χ3v) is 4.47. The van der Waals surface area contributed by atoms with E-state index < -0.39 is 23.5 Å². The molecule has 8 nitrogen and oxygen atoms in total. The number of Topliss-reactive ketones (excluding diaryl/α,β-unsaturated/α-hetero) is 1. The summed E-state index contributed by atoms with van der Waals surface area (Å²) < 4.78 is 14.2. The number of H-pyrrole nitrogens is 1. The molecule has 0 atom stereocenters. The Kier molecular flexibility index (Phi) is 4.45. The lowest BCUT2D eigenvalue weighted by molar-refractivity contribution is -0.135. The van der Waals surface area contributed by atoms with Crippen molar-refractivity contribution in [1.82, 2.24) is 14.8 Å². The summed E-state index contributed by atoms with van der Waals surface area (Å²) in [6.07, 6.45) is 1.15. The summed E-state index contributed by atoms with van der Waals surface area (Å²) in [7, 11) is 0. The van der Waals surface area contributed by atoms with Crippen LogP contribution in [-0.2, 0) is 9.59 Å². The number of hydrogen-bond acceptors (Lipinski definition) is 4. The summed E-state index contributed by atoms with van der Waals surface area (Å²) in [6, 6.07) is 2.04. The van der Waals surface area contributed by atoms with E-state index in [9.17, 15) is 23.6 Å². The van der Waals surface area contributed by atoms with Crippen molar-refractivity contribution in [2.75, 3.05) is 26.2 Å². The Morgan fingerprint density at radius 3 is 2.23 bits per heavy atom. The van der Waals surface area contributed by atoms with Crippen LogP contribution in [-0.4, -0.2) is 69.6 Å². The van der Waals surface area contributed by atoms with Gasteiger partial charge in [0.25, 0.3) is 11.7 Å². The molecule has 3 rings (SSSR count). The van der Waals surface area contributed by atoms with Gasteiger partial charge in [-0.25, -0.2) is 9.18 Å². The molecule has 0 spiro atoms. The maximum absolute atomic E-state index is 14.2. The molecule has 0 bridgehead atoms. The largest absolute Gasteiger partial charge is 0.478 e. The van der Waals surface area contributed by atoms with E-state index in [0.717, 1.165) is 18.3 Å². The Morgan fingerprint density at radius 2 is 1.65 bits per heavy atom. The Labute approximate surface area is 147 Å². The minimum atomic E-state index is -1.28. The number of ketones is 1. The number of aromatic carboxylic acids is 1. The monoisotopic (exact) mass is 361 g/mol. The minimum absolute atomic E-state index is 0.0463. The number of carbonyl (C=O) groups is 4. The number of carboxylic acid groups (broad SMARTS) is 1. The summed E-state index contributed by atoms with van der Waals surface area (Å²) in [5, 5.41) is 8.95. The Bertz CT molecular complexity index is 928. The fraction of sp³-hybridized carbons (Fsp3) is 0.294. The minimum Gasteiger partial charge on any atom is -0.478 e. The number of piperazine rings is 1. The molecule has 0 radical (unpaired) electrons. The molecule has 1 aromatic carbocycles. The number of fused-ring (bicyclic) bond motifs is 1. The van der Waals surface area contributed by atoms with Crippen LogP contribution in [0, 0.1) is 5.82 Å². The summed E-state index contributed by atoms with van der Waals surface area (Å²) in [4.78, 5) is 53.0. The zero-order valence-corrected chi connectivity index (χ0v) is 13.9. The molecule has 1 aromatic heterocycles. The third kappa shape index (κ3) is 2.92. The van der Waals surface area contributed by atoms with Gasteiger partial charge in [0.05, 0.1) is 16.6 Å². The van der Waals surface area contributed by atoms with Gasteiger partial charge in [0.1, 0.15) is 5.82 Å². The van der Waals surface area contributed by atoms with Crippen LogP contribution < -0.4 is 0 Å². The van der Waals surface area contributed by atoms with Crippen molar-refractivity contribution in [2.24, 2.45) is 0 Å². The Hall–Kier alpha value is -3.23. The van der Waals surface area contributed by atoms with Crippen LogP contribution in [0.3, 0.4) is 0 Å². The molecule has 1 aliphatic heterocycles. The molecule has 1 fully saturated rings. The predicted octanol–water partition coefficient (Wildman–Crippen LogP) is 0.879. The summed E-state index contributed by atoms with van der Waals surface area (Å²) in [5.74, 6) is -3.90. The first-order valence-corrected chi connectivity index (χ1v) is 7.93. The van der Waals surface area contributed by atoms with Crippen molar-refractivity contribution in [3.05, 3.63) is 35.3 Å². The quantitative estimate of drug-likeness (QED) is 0.623. The van der Waals surface area contributed by atoms with E-state index in [4.69, 9.17) is 5.11 Å². The first-order valence-electron chi connectivity index (χ1n) is 7.93. The number of amides is 2. The van der Waals surface area contributed by atoms with Gasteiger partial charge in [-0.05, 0) is 12.1 Å². The molecule has 0 saturated carbocycles. The molecule has 0 unspecified atom stereocenters. The molecule has 136 valence electrons. The highest BCUT2D eigenvalue weighted by Crippen LogP contribution is 2.26. The molecule has 2 aromatic rings. The molecule has 2 N–H and O–H groups in total. The average molecular weight is 361 g/mol. The van der Waals surface area contributed by atoms with E-state index in [1.54, 1.807) is 4.90 Å². The smallest absolute Gasteiger partial charge is 0.337 e. The second kappa shape index (κ2) is 6.58. The zero-order valence-electron chi connectivity index (χ0n) is 13.9. The number of aromatic amines is 1. The lowest BCUT2D eigenvalue weighted by atomic mass is 10.0. The van der Waals surface area contributed by atoms with Crippen molar-refractivity contribution >= 4 is 34.5 Å². The highest BCUT2D eigenvalue weighted by molar-refractivity contribution is 6.45. The molecule has 1 aliphatic rings. The Balaban J connectivity index is 1.89. The molecular formula is C17H16FN3O5. The first kappa shape index (κ1) is 17.6. The van der Waals surface area contributed by atoms with Crippen molar-refractivity contribution < 1.29 is 28.7 Å². The van der Waals surface area contributed by atoms with Crippen molar-refractivity contribution in [2.45, 2.75) is 6.92 Å². The second-order valence-electron chi connectivity index (χ2n) is 5.98. The number of rotatable bonds is 3. The van der Waals surface area contributed by atoms with Crippen LogP contribution in [0.2, 0.25) is 0 Å². The molecule has 1 saturated heterocycles. The lowest BCUT2D eigenvalue weighted by Crippen LogP contribution is -2.51. The first-order chi connectivity index (χ1) is 12.3. The number of carbonyl (C=O) groups excluding carboxylic acids is 3. The van der Waals surface area contributed by atoms with E-state index >= 15 is 0 Å². The van der Waals surface area contributed by atoms with Crippen LogP contribution in [0.4, 0.5) is 4.39 Å². The molecule has 26 heavy (non-hydrogen) atoms. The normalized spacial score (nSPS) is 14.5. The van der Waals surface area contributed by atoms with Crippen molar-refractivity contribution in [3.63, 3.8) is 0 Å². The summed E-state index contributed by atoms with van der Waals surface area (Å²) >= 11 is 0. The van der Waals surface area contributed by atoms with Crippen LogP contribution in [0.25, 0.3) is 10.9 Å². The molecule has 2 heterocycles. The van der Waals surface area contributed by atoms with E-state index in [0.29, 0.717) is 13.1 Å². The number of halogens is 1. The fourth-order valence-corrected chi connectivity index (χ4v) is 3.05. The van der Waals surface area contributed by atoms with Crippen molar-refractivity contribution in [3.8, 4) is 0 Å². The SMILES string of the molecule is CC(=O)N1CCN(C(=O)C(=O)c2c[nH]c3c(C(=O)O)ccc(F)c23)CC1. The summed E-state index contributed by atoms with van der Waals surface area (Å²) in [6.45, 7) is 2.47. The van der Waals surface area contributed by atoms with Crippen LogP contribution in [0.15, 0.2) is 18.3 Å². The summed E-state index contributed by atoms with van der Waals surface area (Å²) in [5.41, 5.74) is -0.447. The molecular weight excluding hydrogens is 345 g/mol. The van der Waals surface area contributed by atoms with E-state index in [1.165, 1.54) is 11.8 Å². The van der Waals surface area contributed by atoms with Gasteiger partial charge in [-0.1, -0.05) is 0 Å².